The number of rotatable bonds is 4. The van der Waals surface area contributed by atoms with Crippen LogP contribution in [0, 0.1) is 0 Å². The molecule has 2 aliphatic carbocycles. The fourth-order valence-corrected chi connectivity index (χ4v) is 5.13. The second-order valence-corrected chi connectivity index (χ2v) is 9.50. The van der Waals surface area contributed by atoms with Gasteiger partial charge in [-0.3, -0.25) is 4.79 Å². The topological polar surface area (TPSA) is 85.8 Å². The first-order chi connectivity index (χ1) is 16.4. The lowest BCUT2D eigenvalue weighted by atomic mass is 9.92. The summed E-state index contributed by atoms with van der Waals surface area (Å²) < 4.78 is 30.3. The molecule has 2 saturated carbocycles. The van der Waals surface area contributed by atoms with Gasteiger partial charge in [-0.2, -0.15) is 0 Å². The van der Waals surface area contributed by atoms with Crippen LogP contribution in [0.15, 0.2) is 48.9 Å². The minimum Gasteiger partial charge on any atom is -0.383 e. The SMILES string of the molecule is Nc1ncnc2c1c(-c1ccc3c(C(=O)NC4CC4)cccc3c1)cn2C1CCCC(F)(F)C1. The van der Waals surface area contributed by atoms with Crippen LogP contribution in [-0.2, 0) is 0 Å². The number of nitrogen functional groups attached to an aromatic ring is 1. The van der Waals surface area contributed by atoms with Gasteiger partial charge >= 0.3 is 0 Å². The molecular formula is C26H25F2N5O. The Labute approximate surface area is 195 Å². The van der Waals surface area contributed by atoms with Gasteiger partial charge in [-0.15, -0.1) is 0 Å². The van der Waals surface area contributed by atoms with Crippen molar-refractivity contribution in [3.8, 4) is 11.1 Å². The summed E-state index contributed by atoms with van der Waals surface area (Å²) in [6.45, 7) is 0. The van der Waals surface area contributed by atoms with E-state index >= 15 is 0 Å². The number of anilines is 1. The van der Waals surface area contributed by atoms with Crippen molar-refractivity contribution < 1.29 is 13.6 Å². The van der Waals surface area contributed by atoms with Gasteiger partial charge in [0.1, 0.15) is 17.8 Å². The highest BCUT2D eigenvalue weighted by Gasteiger charge is 2.37. The molecule has 6 rings (SSSR count). The Balaban J connectivity index is 1.46. The average molecular weight is 462 g/mol. The van der Waals surface area contributed by atoms with E-state index in [1.807, 2.05) is 47.2 Å². The first-order valence-electron chi connectivity index (χ1n) is 11.7. The highest BCUT2D eigenvalue weighted by Crippen LogP contribution is 2.43. The van der Waals surface area contributed by atoms with Crippen molar-refractivity contribution in [3.05, 3.63) is 54.5 Å². The van der Waals surface area contributed by atoms with Crippen LogP contribution in [-0.4, -0.2) is 32.4 Å². The zero-order valence-electron chi connectivity index (χ0n) is 18.6. The van der Waals surface area contributed by atoms with Crippen LogP contribution in [0.2, 0.25) is 0 Å². The lowest BCUT2D eigenvalue weighted by molar-refractivity contribution is -0.0490. The summed E-state index contributed by atoms with van der Waals surface area (Å²) in [6, 6.07) is 11.5. The van der Waals surface area contributed by atoms with Gasteiger partial charge in [0.15, 0.2) is 0 Å². The maximum absolute atomic E-state index is 14.2. The summed E-state index contributed by atoms with van der Waals surface area (Å²) in [7, 11) is 0. The summed E-state index contributed by atoms with van der Waals surface area (Å²) >= 11 is 0. The van der Waals surface area contributed by atoms with E-state index in [0.717, 1.165) is 34.7 Å². The Morgan fingerprint density at radius 3 is 2.79 bits per heavy atom. The first kappa shape index (κ1) is 21.0. The lowest BCUT2D eigenvalue weighted by Gasteiger charge is -2.30. The summed E-state index contributed by atoms with van der Waals surface area (Å²) in [5.41, 5.74) is 9.15. The number of carbonyl (C=O) groups excluding carboxylic acids is 1. The van der Waals surface area contributed by atoms with Gasteiger partial charge in [0.05, 0.1) is 5.39 Å². The standard InChI is InChI=1S/C26H25F2N5O/c27-26(28)10-2-4-18(12-26)33-13-21(22-23(29)30-14-31-24(22)33)16-6-9-19-15(11-16)3-1-5-20(19)25(34)32-17-7-8-17/h1,3,5-6,9,11,13-14,17-18H,2,4,7-8,10,12H2,(H,32,34)(H2,29,30,31). The third-order valence-electron chi connectivity index (χ3n) is 6.99. The number of carbonyl (C=O) groups is 1. The number of nitrogens with zero attached hydrogens (tertiary/aromatic N) is 3. The molecule has 2 aliphatic rings. The van der Waals surface area contributed by atoms with Crippen molar-refractivity contribution in [2.75, 3.05) is 5.73 Å². The van der Waals surface area contributed by atoms with E-state index in [0.29, 0.717) is 35.3 Å². The van der Waals surface area contributed by atoms with Gasteiger partial charge < -0.3 is 15.6 Å². The molecule has 4 aromatic rings. The van der Waals surface area contributed by atoms with E-state index in [-0.39, 0.29) is 30.8 Å². The molecule has 34 heavy (non-hydrogen) atoms. The highest BCUT2D eigenvalue weighted by molar-refractivity contribution is 6.09. The monoisotopic (exact) mass is 461 g/mol. The van der Waals surface area contributed by atoms with Crippen molar-refractivity contribution in [1.82, 2.24) is 19.9 Å². The number of halogens is 2. The maximum Gasteiger partial charge on any atom is 0.252 e. The third kappa shape index (κ3) is 3.67. The Morgan fingerprint density at radius 2 is 2.00 bits per heavy atom. The van der Waals surface area contributed by atoms with Gasteiger partial charge in [-0.1, -0.05) is 24.3 Å². The van der Waals surface area contributed by atoms with Crippen LogP contribution in [0.3, 0.4) is 0 Å². The molecule has 174 valence electrons. The van der Waals surface area contributed by atoms with E-state index in [1.165, 1.54) is 6.33 Å². The quantitative estimate of drug-likeness (QED) is 0.422. The van der Waals surface area contributed by atoms with Crippen molar-refractivity contribution in [1.29, 1.82) is 0 Å². The maximum atomic E-state index is 14.2. The van der Waals surface area contributed by atoms with E-state index in [1.54, 1.807) is 0 Å². The largest absolute Gasteiger partial charge is 0.383 e. The second kappa shape index (κ2) is 7.75. The molecule has 0 radical (unpaired) electrons. The zero-order valence-corrected chi connectivity index (χ0v) is 18.6. The number of amides is 1. The Bertz CT molecular complexity index is 1430. The number of hydrogen-bond acceptors (Lipinski definition) is 4. The zero-order chi connectivity index (χ0) is 23.4. The van der Waals surface area contributed by atoms with Crippen molar-refractivity contribution in [2.45, 2.75) is 56.5 Å². The van der Waals surface area contributed by atoms with Crippen molar-refractivity contribution in [3.63, 3.8) is 0 Å². The molecule has 0 aliphatic heterocycles. The highest BCUT2D eigenvalue weighted by atomic mass is 19.3. The molecular weight excluding hydrogens is 436 g/mol. The number of hydrogen-bond donors (Lipinski definition) is 2. The summed E-state index contributed by atoms with van der Waals surface area (Å²) in [4.78, 5) is 21.3. The average Bonchev–Trinajstić information content (AvgIpc) is 3.54. The predicted octanol–water partition coefficient (Wildman–Crippen LogP) is 5.48. The Kier molecular flexibility index (Phi) is 4.79. The molecule has 8 heteroatoms. The molecule has 6 nitrogen and oxygen atoms in total. The van der Waals surface area contributed by atoms with Crippen LogP contribution in [0.5, 0.6) is 0 Å². The minimum atomic E-state index is -2.68. The summed E-state index contributed by atoms with van der Waals surface area (Å²) in [5.74, 6) is -2.43. The Hall–Kier alpha value is -3.55. The number of nitrogens with two attached hydrogens (primary N) is 1. The fraction of sp³-hybridized carbons (Fsp3) is 0.346. The predicted molar refractivity (Wildman–Crippen MR) is 128 cm³/mol. The minimum absolute atomic E-state index is 0.0617. The number of alkyl halides is 2. The van der Waals surface area contributed by atoms with Gasteiger partial charge in [0.25, 0.3) is 5.91 Å². The van der Waals surface area contributed by atoms with E-state index in [2.05, 4.69) is 15.3 Å². The van der Waals surface area contributed by atoms with Gasteiger partial charge in [0, 0.05) is 42.2 Å². The molecule has 1 unspecified atom stereocenters. The van der Waals surface area contributed by atoms with E-state index < -0.39 is 5.92 Å². The normalized spacial score (nSPS) is 20.0. The molecule has 0 saturated heterocycles. The van der Waals surface area contributed by atoms with Crippen LogP contribution >= 0.6 is 0 Å². The lowest BCUT2D eigenvalue weighted by Crippen LogP contribution is -2.27. The number of aromatic nitrogens is 3. The van der Waals surface area contributed by atoms with Gasteiger partial charge in [0.2, 0.25) is 5.92 Å². The van der Waals surface area contributed by atoms with Crippen LogP contribution in [0.4, 0.5) is 14.6 Å². The molecule has 0 bridgehead atoms. The smallest absolute Gasteiger partial charge is 0.252 e. The van der Waals surface area contributed by atoms with Crippen LogP contribution in [0.1, 0.15) is 54.9 Å². The number of nitrogens with one attached hydrogen (secondary N) is 1. The molecule has 2 aromatic carbocycles. The van der Waals surface area contributed by atoms with Crippen LogP contribution in [0.25, 0.3) is 32.9 Å². The van der Waals surface area contributed by atoms with E-state index in [9.17, 15) is 13.6 Å². The molecule has 3 N–H and O–H groups in total. The molecule has 1 amide bonds. The number of benzene rings is 2. The molecule has 1 atom stereocenters. The molecule has 2 fully saturated rings. The number of fused-ring (bicyclic) bond motifs is 2. The van der Waals surface area contributed by atoms with Gasteiger partial charge in [-0.05, 0) is 54.2 Å². The van der Waals surface area contributed by atoms with Crippen LogP contribution < -0.4 is 11.1 Å². The van der Waals surface area contributed by atoms with Gasteiger partial charge in [-0.25, -0.2) is 18.7 Å². The Morgan fingerprint density at radius 1 is 1.15 bits per heavy atom. The third-order valence-corrected chi connectivity index (χ3v) is 6.99. The summed E-state index contributed by atoms with van der Waals surface area (Å²) in [5, 5.41) is 5.50. The van der Waals surface area contributed by atoms with Crippen molar-refractivity contribution >= 4 is 33.5 Å². The second-order valence-electron chi connectivity index (χ2n) is 9.50. The van der Waals surface area contributed by atoms with E-state index in [4.69, 9.17) is 5.73 Å². The summed E-state index contributed by atoms with van der Waals surface area (Å²) in [6.07, 6.45) is 6.17. The van der Waals surface area contributed by atoms with Crippen molar-refractivity contribution in [2.24, 2.45) is 0 Å². The molecule has 0 spiro atoms. The first-order valence-corrected chi connectivity index (χ1v) is 11.7. The fourth-order valence-electron chi connectivity index (χ4n) is 5.13. The molecule has 2 heterocycles. The molecule has 2 aromatic heterocycles.